The Morgan fingerprint density at radius 3 is 2.15 bits per heavy atom. The third-order valence-corrected chi connectivity index (χ3v) is 7.02. The molecule has 2 aliphatic rings. The molecule has 2 aromatic carbocycles. The van der Waals surface area contributed by atoms with Gasteiger partial charge < -0.3 is 20.5 Å². The van der Waals surface area contributed by atoms with Crippen molar-refractivity contribution < 1.29 is 24.2 Å². The fraction of sp³-hybridized carbons (Fsp3) is 0.423. The van der Waals surface area contributed by atoms with Gasteiger partial charge in [-0.1, -0.05) is 68.8 Å². The minimum atomic E-state index is -1.04. The van der Waals surface area contributed by atoms with Gasteiger partial charge in [0.15, 0.2) is 0 Å². The van der Waals surface area contributed by atoms with Crippen LogP contribution >= 0.6 is 0 Å². The van der Waals surface area contributed by atoms with Crippen LogP contribution < -0.4 is 10.6 Å². The Hall–Kier alpha value is -3.35. The fourth-order valence-electron chi connectivity index (χ4n) is 4.50. The Bertz CT molecular complexity index is 1020. The summed E-state index contributed by atoms with van der Waals surface area (Å²) in [6, 6.07) is 15.3. The van der Waals surface area contributed by atoms with Gasteiger partial charge in [-0.3, -0.25) is 4.79 Å². The van der Waals surface area contributed by atoms with Crippen LogP contribution in [0.5, 0.6) is 0 Å². The first kappa shape index (κ1) is 22.8. The number of carboxylic acids is 1. The summed E-state index contributed by atoms with van der Waals surface area (Å²) in [5, 5.41) is 14.8. The number of hydrogen-bond donors (Lipinski definition) is 3. The predicted molar refractivity (Wildman–Crippen MR) is 124 cm³/mol. The van der Waals surface area contributed by atoms with Gasteiger partial charge in [0.1, 0.15) is 12.6 Å². The zero-order valence-electron chi connectivity index (χ0n) is 19.0. The van der Waals surface area contributed by atoms with Gasteiger partial charge >= 0.3 is 12.1 Å². The SMILES string of the molecule is CCC(C)C(NC(=O)C1(CNC(=O)OCC2c3ccccc3-c3ccccc32)CC1)C(=O)O. The van der Waals surface area contributed by atoms with Gasteiger partial charge in [0.25, 0.3) is 0 Å². The van der Waals surface area contributed by atoms with Crippen molar-refractivity contribution in [2.24, 2.45) is 11.3 Å². The number of ether oxygens (including phenoxy) is 1. The number of nitrogens with one attached hydrogen (secondary N) is 2. The second-order valence-electron chi connectivity index (χ2n) is 9.13. The highest BCUT2D eigenvalue weighted by atomic mass is 16.5. The smallest absolute Gasteiger partial charge is 0.407 e. The molecular formula is C26H30N2O5. The lowest BCUT2D eigenvalue weighted by Crippen LogP contribution is -2.50. The summed E-state index contributed by atoms with van der Waals surface area (Å²) in [4.78, 5) is 36.7. The van der Waals surface area contributed by atoms with Gasteiger partial charge in [0.05, 0.1) is 5.41 Å². The molecule has 2 unspecified atom stereocenters. The molecule has 1 saturated carbocycles. The molecule has 2 atom stereocenters. The summed E-state index contributed by atoms with van der Waals surface area (Å²) in [5.74, 6) is -1.59. The van der Waals surface area contributed by atoms with Gasteiger partial charge in [-0.25, -0.2) is 9.59 Å². The molecule has 1 fully saturated rings. The molecule has 0 saturated heterocycles. The Labute approximate surface area is 193 Å². The molecule has 2 aliphatic carbocycles. The summed E-state index contributed by atoms with van der Waals surface area (Å²) in [6.07, 6.45) is 1.28. The molecule has 7 nitrogen and oxygen atoms in total. The van der Waals surface area contributed by atoms with E-state index < -0.39 is 23.5 Å². The van der Waals surface area contributed by atoms with Gasteiger partial charge in [0, 0.05) is 12.5 Å². The number of hydrogen-bond acceptors (Lipinski definition) is 4. The van der Waals surface area contributed by atoms with E-state index in [1.165, 1.54) is 0 Å². The quantitative estimate of drug-likeness (QED) is 0.537. The molecule has 4 rings (SSSR count). The van der Waals surface area contributed by atoms with Crippen molar-refractivity contribution in [2.75, 3.05) is 13.2 Å². The van der Waals surface area contributed by atoms with Gasteiger partial charge in [-0.15, -0.1) is 0 Å². The minimum absolute atomic E-state index is 0.0341. The number of fused-ring (bicyclic) bond motifs is 3. The molecule has 7 heteroatoms. The van der Waals surface area contributed by atoms with Crippen molar-refractivity contribution in [1.29, 1.82) is 0 Å². The number of rotatable bonds is 9. The number of carbonyl (C=O) groups excluding carboxylic acids is 2. The van der Waals surface area contributed by atoms with Crippen LogP contribution in [0.15, 0.2) is 48.5 Å². The van der Waals surface area contributed by atoms with Crippen LogP contribution in [-0.2, 0) is 14.3 Å². The van der Waals surface area contributed by atoms with Crippen LogP contribution in [0.1, 0.15) is 50.2 Å². The van der Waals surface area contributed by atoms with Crippen LogP contribution in [0.25, 0.3) is 11.1 Å². The van der Waals surface area contributed by atoms with E-state index in [4.69, 9.17) is 4.74 Å². The maximum absolute atomic E-state index is 12.8. The highest BCUT2D eigenvalue weighted by molar-refractivity contribution is 5.90. The summed E-state index contributed by atoms with van der Waals surface area (Å²) in [7, 11) is 0. The van der Waals surface area contributed by atoms with Crippen molar-refractivity contribution >= 4 is 18.0 Å². The zero-order valence-corrected chi connectivity index (χ0v) is 19.0. The topological polar surface area (TPSA) is 105 Å². The number of aliphatic carboxylic acids is 1. The van der Waals surface area contributed by atoms with Gasteiger partial charge in [-0.05, 0) is 41.0 Å². The number of carboxylic acid groups (broad SMARTS) is 1. The molecule has 0 bridgehead atoms. The average molecular weight is 451 g/mol. The van der Waals surface area contributed by atoms with Crippen LogP contribution in [0, 0.1) is 11.3 Å². The second-order valence-corrected chi connectivity index (χ2v) is 9.13. The third kappa shape index (κ3) is 4.58. The normalized spacial score (nSPS) is 17.3. The largest absolute Gasteiger partial charge is 0.480 e. The molecule has 0 aromatic heterocycles. The molecule has 0 aliphatic heterocycles. The first-order chi connectivity index (χ1) is 15.9. The van der Waals surface area contributed by atoms with Crippen molar-refractivity contribution in [3.8, 4) is 11.1 Å². The lowest BCUT2D eigenvalue weighted by Gasteiger charge is -2.23. The first-order valence-corrected chi connectivity index (χ1v) is 11.5. The van der Waals surface area contributed by atoms with E-state index >= 15 is 0 Å². The monoisotopic (exact) mass is 450 g/mol. The molecule has 174 valence electrons. The molecule has 3 N–H and O–H groups in total. The van der Waals surface area contributed by atoms with E-state index in [0.717, 1.165) is 22.3 Å². The molecule has 0 spiro atoms. The summed E-state index contributed by atoms with van der Waals surface area (Å²) in [5.41, 5.74) is 3.82. The van der Waals surface area contributed by atoms with E-state index in [2.05, 4.69) is 34.9 Å². The summed E-state index contributed by atoms with van der Waals surface area (Å²) >= 11 is 0. The third-order valence-electron chi connectivity index (χ3n) is 7.02. The van der Waals surface area contributed by atoms with E-state index in [0.29, 0.717) is 19.3 Å². The second kappa shape index (κ2) is 9.25. The average Bonchev–Trinajstić information content (AvgIpc) is 3.56. The lowest BCUT2D eigenvalue weighted by atomic mass is 9.97. The molecule has 0 heterocycles. The number of benzene rings is 2. The van der Waals surface area contributed by atoms with Crippen molar-refractivity contribution in [3.05, 3.63) is 59.7 Å². The van der Waals surface area contributed by atoms with E-state index in [9.17, 15) is 19.5 Å². The Kier molecular flexibility index (Phi) is 6.40. The zero-order chi connectivity index (χ0) is 23.6. The maximum Gasteiger partial charge on any atom is 0.407 e. The highest BCUT2D eigenvalue weighted by Gasteiger charge is 2.51. The van der Waals surface area contributed by atoms with Crippen LogP contribution in [0.4, 0.5) is 4.79 Å². The number of alkyl carbamates (subject to hydrolysis) is 1. The number of amides is 2. The summed E-state index contributed by atoms with van der Waals surface area (Å²) < 4.78 is 5.54. The lowest BCUT2D eigenvalue weighted by molar-refractivity contribution is -0.144. The molecule has 2 aromatic rings. The van der Waals surface area contributed by atoms with Gasteiger partial charge in [-0.2, -0.15) is 0 Å². The van der Waals surface area contributed by atoms with E-state index in [1.54, 1.807) is 6.92 Å². The van der Waals surface area contributed by atoms with Crippen LogP contribution in [0.2, 0.25) is 0 Å². The molecular weight excluding hydrogens is 420 g/mol. The standard InChI is InChI=1S/C26H30N2O5/c1-3-16(2)22(23(29)30)28-24(31)26(12-13-26)15-27-25(32)33-14-21-19-10-6-4-8-17(19)18-9-5-7-11-20(18)21/h4-11,16,21-22H,3,12-15H2,1-2H3,(H,27,32)(H,28,31)(H,29,30). The van der Waals surface area contributed by atoms with Crippen molar-refractivity contribution in [2.45, 2.75) is 45.1 Å². The predicted octanol–water partition coefficient (Wildman–Crippen LogP) is 3.92. The number of carbonyl (C=O) groups is 3. The molecule has 0 radical (unpaired) electrons. The highest BCUT2D eigenvalue weighted by Crippen LogP contribution is 2.46. The fourth-order valence-corrected chi connectivity index (χ4v) is 4.50. The van der Waals surface area contributed by atoms with Crippen LogP contribution in [0.3, 0.4) is 0 Å². The van der Waals surface area contributed by atoms with Crippen molar-refractivity contribution in [3.63, 3.8) is 0 Å². The van der Waals surface area contributed by atoms with Crippen LogP contribution in [-0.4, -0.2) is 42.3 Å². The Morgan fingerprint density at radius 1 is 1.06 bits per heavy atom. The summed E-state index contributed by atoms with van der Waals surface area (Å²) in [6.45, 7) is 4.02. The maximum atomic E-state index is 12.8. The van der Waals surface area contributed by atoms with E-state index in [-0.39, 0.29) is 30.9 Å². The molecule has 2 amide bonds. The first-order valence-electron chi connectivity index (χ1n) is 11.5. The minimum Gasteiger partial charge on any atom is -0.480 e. The molecule has 33 heavy (non-hydrogen) atoms. The van der Waals surface area contributed by atoms with Crippen molar-refractivity contribution in [1.82, 2.24) is 10.6 Å². The van der Waals surface area contributed by atoms with E-state index in [1.807, 2.05) is 31.2 Å². The Balaban J connectivity index is 1.33. The Morgan fingerprint density at radius 2 is 1.64 bits per heavy atom. The van der Waals surface area contributed by atoms with Gasteiger partial charge in [0.2, 0.25) is 5.91 Å².